The van der Waals surface area contributed by atoms with Crippen molar-refractivity contribution < 1.29 is 8.83 Å². The Morgan fingerprint density at radius 2 is 0.640 bits per heavy atom. The highest BCUT2D eigenvalue weighted by molar-refractivity contribution is 6.38. The van der Waals surface area contributed by atoms with Crippen molar-refractivity contribution in [2.75, 3.05) is 9.80 Å². The van der Waals surface area contributed by atoms with Gasteiger partial charge in [-0.2, -0.15) is 0 Å². The molecule has 0 bridgehead atoms. The molecule has 86 heavy (non-hydrogen) atoms. The van der Waals surface area contributed by atoms with Crippen LogP contribution < -0.4 is 9.80 Å². The monoisotopic (exact) mass is 1100 g/mol. The molecule has 402 valence electrons. The molecule has 0 saturated heterocycles. The summed E-state index contributed by atoms with van der Waals surface area (Å²) in [4.78, 5) is 4.81. The Morgan fingerprint density at radius 1 is 0.279 bits per heavy atom. The molecule has 0 saturated carbocycles. The van der Waals surface area contributed by atoms with Gasteiger partial charge in [0.2, 0.25) is 0 Å². The number of para-hydroxylation sites is 6. The van der Waals surface area contributed by atoms with Crippen LogP contribution in [0.25, 0.3) is 142 Å². The van der Waals surface area contributed by atoms with Crippen LogP contribution in [-0.2, 0) is 0 Å². The van der Waals surface area contributed by atoms with E-state index in [2.05, 4.69) is 299 Å². The van der Waals surface area contributed by atoms with Crippen LogP contribution in [0.2, 0.25) is 0 Å². The topological polar surface area (TPSA) is 41.6 Å². The lowest BCUT2D eigenvalue weighted by atomic mass is 9.89. The fourth-order valence-electron chi connectivity index (χ4n) is 15.0. The number of anilines is 6. The minimum atomic E-state index is 0.867. The molecule has 13 aromatic carbocycles. The van der Waals surface area contributed by atoms with Crippen LogP contribution in [0.5, 0.6) is 0 Å². The summed E-state index contributed by atoms with van der Waals surface area (Å²) in [5.74, 6) is 0. The average molecular weight is 1100 g/mol. The third-order valence-corrected chi connectivity index (χ3v) is 18.5. The molecular weight excluding hydrogens is 1050 g/mol. The first-order chi connectivity index (χ1) is 42.6. The number of fused-ring (bicyclic) bond motifs is 18. The lowest BCUT2D eigenvalue weighted by Gasteiger charge is -2.27. The highest BCUT2D eigenvalue weighted by Crippen LogP contribution is 2.56. The largest absolute Gasteiger partial charge is 0.454 e. The van der Waals surface area contributed by atoms with Crippen LogP contribution in [0, 0.1) is 13.8 Å². The van der Waals surface area contributed by atoms with E-state index in [9.17, 15) is 0 Å². The van der Waals surface area contributed by atoms with Gasteiger partial charge < -0.3 is 27.4 Å². The lowest BCUT2D eigenvalue weighted by Crippen LogP contribution is -2.11. The maximum Gasteiger partial charge on any atom is 0.159 e. The maximum absolute atomic E-state index is 6.89. The number of hydrogen-bond acceptors (Lipinski definition) is 4. The van der Waals surface area contributed by atoms with Crippen LogP contribution in [0.3, 0.4) is 0 Å². The Labute approximate surface area is 493 Å². The summed E-state index contributed by atoms with van der Waals surface area (Å²) >= 11 is 0. The number of furan rings is 2. The van der Waals surface area contributed by atoms with Gasteiger partial charge >= 0.3 is 0 Å². The van der Waals surface area contributed by atoms with Crippen molar-refractivity contribution in [1.29, 1.82) is 0 Å². The molecular formula is C80H50N4O2. The Morgan fingerprint density at radius 3 is 1.07 bits per heavy atom. The van der Waals surface area contributed by atoms with Crippen molar-refractivity contribution in [2.24, 2.45) is 0 Å². The van der Waals surface area contributed by atoms with Gasteiger partial charge in [0, 0.05) is 98.5 Å². The first kappa shape index (κ1) is 47.2. The van der Waals surface area contributed by atoms with Crippen molar-refractivity contribution >= 4 is 154 Å². The van der Waals surface area contributed by atoms with Crippen LogP contribution in [0.1, 0.15) is 11.1 Å². The van der Waals surface area contributed by atoms with Gasteiger partial charge in [-0.25, -0.2) is 0 Å². The van der Waals surface area contributed by atoms with E-state index >= 15 is 0 Å². The molecule has 6 aromatic heterocycles. The zero-order valence-electron chi connectivity index (χ0n) is 47.0. The third kappa shape index (κ3) is 6.34. The van der Waals surface area contributed by atoms with E-state index in [0.717, 1.165) is 111 Å². The number of benzene rings is 13. The second-order valence-electron chi connectivity index (χ2n) is 23.2. The Kier molecular flexibility index (Phi) is 9.65. The van der Waals surface area contributed by atoms with E-state index in [1.807, 2.05) is 0 Å². The fourth-order valence-corrected chi connectivity index (χ4v) is 15.0. The van der Waals surface area contributed by atoms with E-state index in [-0.39, 0.29) is 0 Å². The molecule has 0 amide bonds. The molecule has 19 aromatic rings. The van der Waals surface area contributed by atoms with Crippen LogP contribution in [0.15, 0.2) is 276 Å². The van der Waals surface area contributed by atoms with Crippen molar-refractivity contribution in [2.45, 2.75) is 13.8 Å². The average Bonchev–Trinajstić information content (AvgIpc) is 1.51. The summed E-state index contributed by atoms with van der Waals surface area (Å²) in [6.45, 7) is 4.40. The van der Waals surface area contributed by atoms with Crippen LogP contribution in [-0.4, -0.2) is 8.80 Å². The van der Waals surface area contributed by atoms with Gasteiger partial charge in [0.1, 0.15) is 11.2 Å². The summed E-state index contributed by atoms with van der Waals surface area (Å²) in [6.07, 6.45) is 0. The summed E-state index contributed by atoms with van der Waals surface area (Å²) in [5.41, 5.74) is 23.8. The third-order valence-electron chi connectivity index (χ3n) is 18.5. The summed E-state index contributed by atoms with van der Waals surface area (Å²) < 4.78 is 19.0. The molecule has 0 N–H and O–H groups in total. The van der Waals surface area contributed by atoms with Gasteiger partial charge in [-0.1, -0.05) is 206 Å². The maximum atomic E-state index is 6.89. The van der Waals surface area contributed by atoms with E-state index < -0.39 is 0 Å². The highest BCUT2D eigenvalue weighted by Gasteiger charge is 2.32. The molecule has 0 atom stereocenters. The zero-order valence-corrected chi connectivity index (χ0v) is 47.0. The second kappa shape index (κ2) is 17.6. The normalized spacial score (nSPS) is 12.3. The number of hydrogen-bond donors (Lipinski definition) is 0. The van der Waals surface area contributed by atoms with Crippen LogP contribution >= 0.6 is 0 Å². The molecule has 0 aliphatic rings. The first-order valence-electron chi connectivity index (χ1n) is 29.6. The van der Waals surface area contributed by atoms with E-state index in [1.54, 1.807) is 0 Å². The van der Waals surface area contributed by atoms with E-state index in [4.69, 9.17) is 8.83 Å². The van der Waals surface area contributed by atoms with Crippen molar-refractivity contribution in [3.63, 3.8) is 0 Å². The highest BCUT2D eigenvalue weighted by atomic mass is 16.3. The summed E-state index contributed by atoms with van der Waals surface area (Å²) in [6, 6.07) is 97.6. The number of rotatable bonds is 8. The fraction of sp³-hybridized carbons (Fsp3) is 0.0250. The summed E-state index contributed by atoms with van der Waals surface area (Å²) in [5, 5.41) is 14.1. The Balaban J connectivity index is 0.960. The number of nitrogens with zero attached hydrogens (tertiary/aromatic N) is 4. The molecule has 0 aliphatic heterocycles. The number of aromatic nitrogens is 2. The molecule has 0 aliphatic carbocycles. The van der Waals surface area contributed by atoms with Gasteiger partial charge in [-0.15, -0.1) is 0 Å². The SMILES string of the molecule is Cc1ccc2c(oc3ccccc32)c1N(c1ccccc1)c1ccc2c3cccc4c5c(-c6ccccc6)c6c(c(-c7ccccc7)c5n(c2c1)c34)c1cccc2c3ccc(N(c4ccccc4)c4c(C)ccc5c4oc4ccccc45)cc3n6c21. The van der Waals surface area contributed by atoms with Gasteiger partial charge in [0.15, 0.2) is 11.2 Å². The van der Waals surface area contributed by atoms with Gasteiger partial charge in [0.25, 0.3) is 0 Å². The molecule has 6 heterocycles. The zero-order chi connectivity index (χ0) is 56.5. The Hall–Kier alpha value is -11.3. The molecule has 0 fully saturated rings. The summed E-state index contributed by atoms with van der Waals surface area (Å²) in [7, 11) is 0. The Bertz CT molecular complexity index is 5610. The van der Waals surface area contributed by atoms with Crippen molar-refractivity contribution in [1.82, 2.24) is 8.80 Å². The van der Waals surface area contributed by atoms with Gasteiger partial charge in [0.05, 0.1) is 44.5 Å². The minimum absolute atomic E-state index is 0.867. The predicted molar refractivity (Wildman–Crippen MR) is 360 cm³/mol. The molecule has 19 rings (SSSR count). The smallest absolute Gasteiger partial charge is 0.159 e. The molecule has 0 radical (unpaired) electrons. The molecule has 6 nitrogen and oxygen atoms in total. The lowest BCUT2D eigenvalue weighted by molar-refractivity contribution is 0.668. The standard InChI is InChI=1S/C80H50N4O2/c1-47-37-41-61-57-29-15-17-35-67(57)85-79(61)73(47)81(51-25-11-5-12-26-51)53-39-43-55-59-31-19-33-63-71-70(50-23-9-4-10-24-50)78-72(69(49-21-7-3-8-22-49)77(71)83(75(59)63)65(55)45-53)64-34-20-32-60-56-44-40-54(46-66(56)84(78)76(60)64)82(52-27-13-6-14-28-52)74-48(2)38-42-62-58-30-16-18-36-68(58)86-80(62)74/h3-46H,1-2H3. The second-order valence-corrected chi connectivity index (χ2v) is 23.2. The molecule has 0 spiro atoms. The molecule has 6 heteroatoms. The quantitative estimate of drug-likeness (QED) is 0.152. The predicted octanol–water partition coefficient (Wildman–Crippen LogP) is 22.7. The van der Waals surface area contributed by atoms with Crippen molar-refractivity contribution in [3.05, 3.63) is 278 Å². The first-order valence-corrected chi connectivity index (χ1v) is 29.6. The minimum Gasteiger partial charge on any atom is -0.454 e. The van der Waals surface area contributed by atoms with E-state index in [0.29, 0.717) is 0 Å². The van der Waals surface area contributed by atoms with E-state index in [1.165, 1.54) is 76.3 Å². The number of aryl methyl sites for hydroxylation is 2. The van der Waals surface area contributed by atoms with Gasteiger partial charge in [-0.05, 0) is 96.8 Å². The van der Waals surface area contributed by atoms with Crippen molar-refractivity contribution in [3.8, 4) is 22.3 Å². The van der Waals surface area contributed by atoms with Crippen LogP contribution in [0.4, 0.5) is 34.1 Å². The van der Waals surface area contributed by atoms with Gasteiger partial charge in [-0.3, -0.25) is 0 Å². The molecule has 0 unspecified atom stereocenters.